The molecule has 1 amide bonds. The molecule has 0 saturated carbocycles. The summed E-state index contributed by atoms with van der Waals surface area (Å²) in [5, 5.41) is 3.46. The van der Waals surface area contributed by atoms with E-state index in [1.54, 1.807) is 4.90 Å². The van der Waals surface area contributed by atoms with Crippen molar-refractivity contribution in [2.45, 2.75) is 18.9 Å². The van der Waals surface area contributed by atoms with E-state index in [0.29, 0.717) is 19.7 Å². The van der Waals surface area contributed by atoms with E-state index >= 15 is 0 Å². The molecule has 5 rings (SSSR count). The number of aryl methyl sites for hydroxylation is 1. The second kappa shape index (κ2) is 7.92. The molecule has 0 spiro atoms. The predicted molar refractivity (Wildman–Crippen MR) is 116 cm³/mol. The van der Waals surface area contributed by atoms with Crippen LogP contribution in [0, 0.1) is 6.92 Å². The molecule has 2 heterocycles. The van der Waals surface area contributed by atoms with Gasteiger partial charge in [0.2, 0.25) is 0 Å². The van der Waals surface area contributed by atoms with Crippen molar-refractivity contribution < 1.29 is 9.53 Å². The molecule has 2 aliphatic rings. The van der Waals surface area contributed by atoms with Crippen molar-refractivity contribution in [2.24, 2.45) is 0 Å². The number of fused-ring (bicyclic) bond motifs is 3. The first kappa shape index (κ1) is 18.8. The number of rotatable bonds is 3. The molecule has 1 saturated heterocycles. The fraction of sp³-hybridized carbons (Fsp3) is 0.280. The van der Waals surface area contributed by atoms with Crippen LogP contribution >= 0.6 is 0 Å². The summed E-state index contributed by atoms with van der Waals surface area (Å²) in [5.74, 6) is 0.0819. The summed E-state index contributed by atoms with van der Waals surface area (Å²) in [6.07, 6.45) is -0.254. The SMILES string of the molecule is Cc1cccc(C2CN(C(=O)OCC3c4ccccc4-c4ccccc43)CCN2)n1. The fourth-order valence-electron chi connectivity index (χ4n) is 4.56. The Morgan fingerprint density at radius 3 is 2.43 bits per heavy atom. The standard InChI is InChI=1S/C25H25N3O2/c1-17-7-6-12-23(27-17)24-15-28(14-13-26-24)25(29)30-16-22-20-10-4-2-8-18(20)19-9-3-5-11-21(19)22/h2-12,22,24,26H,13-16H2,1H3. The number of nitrogens with one attached hydrogen (secondary N) is 1. The molecular weight excluding hydrogens is 374 g/mol. The lowest BCUT2D eigenvalue weighted by atomic mass is 9.98. The summed E-state index contributed by atoms with van der Waals surface area (Å²) < 4.78 is 5.83. The minimum atomic E-state index is -0.254. The van der Waals surface area contributed by atoms with E-state index in [0.717, 1.165) is 17.9 Å². The van der Waals surface area contributed by atoms with E-state index in [2.05, 4.69) is 58.8 Å². The van der Waals surface area contributed by atoms with E-state index in [9.17, 15) is 4.79 Å². The van der Waals surface area contributed by atoms with Crippen LogP contribution < -0.4 is 5.32 Å². The van der Waals surface area contributed by atoms with Gasteiger partial charge in [-0.2, -0.15) is 0 Å². The normalized spacial score (nSPS) is 18.0. The molecule has 2 aromatic carbocycles. The number of ether oxygens (including phenoxy) is 1. The van der Waals surface area contributed by atoms with Crippen LogP contribution in [-0.4, -0.2) is 42.2 Å². The maximum Gasteiger partial charge on any atom is 0.409 e. The van der Waals surface area contributed by atoms with Crippen LogP contribution in [0.3, 0.4) is 0 Å². The van der Waals surface area contributed by atoms with E-state index in [1.165, 1.54) is 22.3 Å². The Kier molecular flexibility index (Phi) is 4.97. The largest absolute Gasteiger partial charge is 0.448 e. The van der Waals surface area contributed by atoms with E-state index in [1.807, 2.05) is 25.1 Å². The van der Waals surface area contributed by atoms with Gasteiger partial charge in [-0.3, -0.25) is 4.98 Å². The Hall–Kier alpha value is -3.18. The van der Waals surface area contributed by atoms with Crippen LogP contribution in [0.2, 0.25) is 0 Å². The Balaban J connectivity index is 1.28. The average molecular weight is 399 g/mol. The number of carbonyl (C=O) groups excluding carboxylic acids is 1. The van der Waals surface area contributed by atoms with E-state index in [-0.39, 0.29) is 18.1 Å². The lowest BCUT2D eigenvalue weighted by Crippen LogP contribution is -2.48. The van der Waals surface area contributed by atoms with Crippen LogP contribution in [0.25, 0.3) is 11.1 Å². The zero-order chi connectivity index (χ0) is 20.5. The first-order valence-electron chi connectivity index (χ1n) is 10.5. The highest BCUT2D eigenvalue weighted by Crippen LogP contribution is 2.44. The van der Waals surface area contributed by atoms with Gasteiger partial charge in [0.25, 0.3) is 0 Å². The van der Waals surface area contributed by atoms with E-state index in [4.69, 9.17) is 4.74 Å². The van der Waals surface area contributed by atoms with Crippen molar-refractivity contribution in [3.63, 3.8) is 0 Å². The van der Waals surface area contributed by atoms with Crippen LogP contribution in [0.15, 0.2) is 66.7 Å². The molecule has 1 unspecified atom stereocenters. The van der Waals surface area contributed by atoms with Crippen LogP contribution in [0.5, 0.6) is 0 Å². The van der Waals surface area contributed by atoms with Crippen LogP contribution in [-0.2, 0) is 4.74 Å². The molecule has 152 valence electrons. The van der Waals surface area contributed by atoms with Gasteiger partial charge in [-0.1, -0.05) is 54.6 Å². The molecule has 3 aromatic rings. The van der Waals surface area contributed by atoms with Gasteiger partial charge in [0.15, 0.2) is 0 Å². The molecule has 5 heteroatoms. The summed E-state index contributed by atoms with van der Waals surface area (Å²) in [6, 6.07) is 22.8. The third-order valence-corrected chi connectivity index (χ3v) is 6.04. The monoisotopic (exact) mass is 399 g/mol. The Morgan fingerprint density at radius 2 is 1.73 bits per heavy atom. The smallest absolute Gasteiger partial charge is 0.409 e. The van der Waals surface area contributed by atoms with Crippen LogP contribution in [0.4, 0.5) is 4.79 Å². The summed E-state index contributed by atoms with van der Waals surface area (Å²) >= 11 is 0. The van der Waals surface area contributed by atoms with Crippen molar-refractivity contribution in [1.82, 2.24) is 15.2 Å². The first-order chi connectivity index (χ1) is 14.7. The molecule has 1 atom stereocenters. The van der Waals surface area contributed by atoms with Crippen molar-refractivity contribution in [1.29, 1.82) is 0 Å². The first-order valence-corrected chi connectivity index (χ1v) is 10.5. The number of amides is 1. The quantitative estimate of drug-likeness (QED) is 0.714. The molecule has 1 fully saturated rings. The van der Waals surface area contributed by atoms with Gasteiger partial charge >= 0.3 is 6.09 Å². The number of aromatic nitrogens is 1. The maximum absolute atomic E-state index is 12.9. The Labute approximate surface area is 176 Å². The molecular formula is C25H25N3O2. The van der Waals surface area contributed by atoms with Gasteiger partial charge in [-0.25, -0.2) is 4.79 Å². The maximum atomic E-state index is 12.9. The van der Waals surface area contributed by atoms with Gasteiger partial charge in [0.1, 0.15) is 6.61 Å². The van der Waals surface area contributed by atoms with Gasteiger partial charge in [-0.15, -0.1) is 0 Å². The Morgan fingerprint density at radius 1 is 1.03 bits per heavy atom. The second-order valence-corrected chi connectivity index (χ2v) is 7.96. The summed E-state index contributed by atoms with van der Waals surface area (Å²) in [4.78, 5) is 19.3. The molecule has 1 aliphatic carbocycles. The van der Waals surface area contributed by atoms with Gasteiger partial charge in [-0.05, 0) is 41.3 Å². The van der Waals surface area contributed by atoms with Crippen molar-refractivity contribution in [2.75, 3.05) is 26.2 Å². The summed E-state index contributed by atoms with van der Waals surface area (Å²) in [6.45, 7) is 4.26. The van der Waals surface area contributed by atoms with Crippen molar-refractivity contribution >= 4 is 6.09 Å². The number of carbonyl (C=O) groups is 1. The topological polar surface area (TPSA) is 54.5 Å². The number of pyridine rings is 1. The number of benzene rings is 2. The lowest BCUT2D eigenvalue weighted by molar-refractivity contribution is 0.0880. The van der Waals surface area contributed by atoms with Gasteiger partial charge in [0, 0.05) is 31.2 Å². The second-order valence-electron chi connectivity index (χ2n) is 7.96. The van der Waals surface area contributed by atoms with Gasteiger partial charge < -0.3 is 15.0 Å². The molecule has 1 N–H and O–H groups in total. The van der Waals surface area contributed by atoms with E-state index < -0.39 is 0 Å². The highest BCUT2D eigenvalue weighted by atomic mass is 16.6. The third-order valence-electron chi connectivity index (χ3n) is 6.04. The van der Waals surface area contributed by atoms with Crippen LogP contribution in [0.1, 0.15) is 34.5 Å². The number of hydrogen-bond acceptors (Lipinski definition) is 4. The molecule has 0 radical (unpaired) electrons. The minimum absolute atomic E-state index is 0.0270. The number of piperazine rings is 1. The number of hydrogen-bond donors (Lipinski definition) is 1. The molecule has 1 aromatic heterocycles. The lowest BCUT2D eigenvalue weighted by Gasteiger charge is -2.33. The molecule has 5 nitrogen and oxygen atoms in total. The highest BCUT2D eigenvalue weighted by molar-refractivity contribution is 5.79. The molecule has 30 heavy (non-hydrogen) atoms. The van der Waals surface area contributed by atoms with Gasteiger partial charge in [0.05, 0.1) is 11.7 Å². The Bertz CT molecular complexity index is 1040. The van der Waals surface area contributed by atoms with Crippen molar-refractivity contribution in [3.05, 3.63) is 89.2 Å². The average Bonchev–Trinajstić information content (AvgIpc) is 3.11. The number of nitrogens with zero attached hydrogens (tertiary/aromatic N) is 2. The zero-order valence-electron chi connectivity index (χ0n) is 17.0. The summed E-state index contributed by atoms with van der Waals surface area (Å²) in [7, 11) is 0. The highest BCUT2D eigenvalue weighted by Gasteiger charge is 2.31. The summed E-state index contributed by atoms with van der Waals surface area (Å²) in [5.41, 5.74) is 6.88. The zero-order valence-corrected chi connectivity index (χ0v) is 17.0. The third kappa shape index (κ3) is 3.46. The molecule has 0 bridgehead atoms. The van der Waals surface area contributed by atoms with Crippen molar-refractivity contribution in [3.8, 4) is 11.1 Å². The fourth-order valence-corrected chi connectivity index (χ4v) is 4.56. The minimum Gasteiger partial charge on any atom is -0.448 e. The predicted octanol–water partition coefficient (Wildman–Crippen LogP) is 4.29. The molecule has 1 aliphatic heterocycles.